The Morgan fingerprint density at radius 2 is 1.78 bits per heavy atom. The molecule has 18 heavy (non-hydrogen) atoms. The molecule has 0 aliphatic heterocycles. The molecule has 0 aliphatic carbocycles. The van der Waals surface area contributed by atoms with Crippen LogP contribution in [0.4, 0.5) is 0 Å². The zero-order valence-electron chi connectivity index (χ0n) is 11.9. The van der Waals surface area contributed by atoms with Gasteiger partial charge in [-0.2, -0.15) is 0 Å². The number of halogens is 1. The summed E-state index contributed by atoms with van der Waals surface area (Å²) in [7, 11) is 0. The smallest absolute Gasteiger partial charge is 0.0133 e. The normalized spacial score (nSPS) is 14.4. The van der Waals surface area contributed by atoms with Gasteiger partial charge in [0.25, 0.3) is 0 Å². The van der Waals surface area contributed by atoms with Crippen LogP contribution in [-0.4, -0.2) is 12.6 Å². The van der Waals surface area contributed by atoms with Gasteiger partial charge in [-0.1, -0.05) is 39.3 Å². The van der Waals surface area contributed by atoms with E-state index in [2.05, 4.69) is 72.9 Å². The molecule has 2 unspecified atom stereocenters. The van der Waals surface area contributed by atoms with E-state index in [4.69, 9.17) is 0 Å². The van der Waals surface area contributed by atoms with Crippen LogP contribution in [0.2, 0.25) is 0 Å². The van der Waals surface area contributed by atoms with Crippen LogP contribution >= 0.6 is 22.6 Å². The first-order valence-corrected chi connectivity index (χ1v) is 8.23. The molecular weight excluding hydrogens is 333 g/mol. The summed E-state index contributed by atoms with van der Waals surface area (Å²) >= 11 is 2.36. The lowest BCUT2D eigenvalue weighted by atomic mass is 9.91. The molecule has 102 valence electrons. The predicted molar refractivity (Wildman–Crippen MR) is 89.0 cm³/mol. The van der Waals surface area contributed by atoms with Gasteiger partial charge in [0, 0.05) is 9.61 Å². The molecule has 1 nitrogen and oxygen atoms in total. The van der Waals surface area contributed by atoms with Gasteiger partial charge in [-0.25, -0.2) is 0 Å². The van der Waals surface area contributed by atoms with Crippen molar-refractivity contribution >= 4 is 22.6 Å². The molecule has 1 aromatic carbocycles. The Labute approximate surface area is 126 Å². The maximum atomic E-state index is 3.72. The van der Waals surface area contributed by atoms with E-state index in [9.17, 15) is 0 Å². The Balaban J connectivity index is 2.61. The molecule has 1 aromatic rings. The van der Waals surface area contributed by atoms with Crippen LogP contribution in [0.1, 0.15) is 45.6 Å². The van der Waals surface area contributed by atoms with Gasteiger partial charge in [0.2, 0.25) is 0 Å². The molecule has 0 amide bonds. The molecule has 2 heteroatoms. The molecule has 0 saturated heterocycles. The van der Waals surface area contributed by atoms with Crippen molar-refractivity contribution in [2.45, 2.75) is 52.5 Å². The molecule has 0 saturated carbocycles. The monoisotopic (exact) mass is 359 g/mol. The first kappa shape index (κ1) is 16.0. The summed E-state index contributed by atoms with van der Waals surface area (Å²) in [5, 5.41) is 3.72. The highest BCUT2D eigenvalue weighted by Crippen LogP contribution is 2.16. The average molecular weight is 359 g/mol. The lowest BCUT2D eigenvalue weighted by Crippen LogP contribution is -2.37. The first-order chi connectivity index (χ1) is 8.67. The molecule has 0 heterocycles. The number of nitrogens with one attached hydrogen (secondary N) is 1. The molecule has 0 spiro atoms. The van der Waals surface area contributed by atoms with Crippen LogP contribution in [0, 0.1) is 9.49 Å². The highest BCUT2D eigenvalue weighted by atomic mass is 127. The highest BCUT2D eigenvalue weighted by molar-refractivity contribution is 14.1. The van der Waals surface area contributed by atoms with Crippen molar-refractivity contribution in [3.05, 3.63) is 33.4 Å². The quantitative estimate of drug-likeness (QED) is 0.667. The van der Waals surface area contributed by atoms with E-state index < -0.39 is 0 Å². The molecule has 0 aliphatic rings. The topological polar surface area (TPSA) is 12.0 Å². The van der Waals surface area contributed by atoms with Gasteiger partial charge in [-0.3, -0.25) is 0 Å². The summed E-state index contributed by atoms with van der Waals surface area (Å²) < 4.78 is 1.32. The maximum absolute atomic E-state index is 3.72. The summed E-state index contributed by atoms with van der Waals surface area (Å²) in [4.78, 5) is 0. The van der Waals surface area contributed by atoms with Gasteiger partial charge in [-0.15, -0.1) is 0 Å². The van der Waals surface area contributed by atoms with Crippen LogP contribution in [-0.2, 0) is 6.42 Å². The van der Waals surface area contributed by atoms with Gasteiger partial charge in [0.15, 0.2) is 0 Å². The van der Waals surface area contributed by atoms with Gasteiger partial charge in [-0.05, 0) is 72.0 Å². The molecule has 1 rings (SSSR count). The largest absolute Gasteiger partial charge is 0.313 e. The number of hydrogen-bond donors (Lipinski definition) is 1. The zero-order chi connectivity index (χ0) is 13.4. The lowest BCUT2D eigenvalue weighted by Gasteiger charge is -2.25. The second-order valence-electron chi connectivity index (χ2n) is 5.16. The fourth-order valence-corrected chi connectivity index (χ4v) is 2.69. The van der Waals surface area contributed by atoms with Crippen molar-refractivity contribution in [3.63, 3.8) is 0 Å². The zero-order valence-corrected chi connectivity index (χ0v) is 14.0. The SMILES string of the molecule is CCCNC(Cc1ccc(I)cc1)C(C)CCC. The molecule has 1 N–H and O–H groups in total. The second kappa shape index (κ2) is 8.92. The summed E-state index contributed by atoms with van der Waals surface area (Å²) in [5.41, 5.74) is 1.45. The molecule has 0 radical (unpaired) electrons. The Morgan fingerprint density at radius 3 is 2.33 bits per heavy atom. The summed E-state index contributed by atoms with van der Waals surface area (Å²) in [6.07, 6.45) is 4.95. The Bertz CT molecular complexity index is 320. The highest BCUT2D eigenvalue weighted by Gasteiger charge is 2.16. The van der Waals surface area contributed by atoms with Gasteiger partial charge < -0.3 is 5.32 Å². The van der Waals surface area contributed by atoms with E-state index in [0.29, 0.717) is 6.04 Å². The second-order valence-corrected chi connectivity index (χ2v) is 6.40. The number of rotatable bonds is 8. The van der Waals surface area contributed by atoms with E-state index in [1.165, 1.54) is 28.4 Å². The summed E-state index contributed by atoms with van der Waals surface area (Å²) in [6, 6.07) is 9.56. The van der Waals surface area contributed by atoms with Gasteiger partial charge >= 0.3 is 0 Å². The van der Waals surface area contributed by atoms with Gasteiger partial charge in [0.1, 0.15) is 0 Å². The van der Waals surface area contributed by atoms with Crippen molar-refractivity contribution in [1.29, 1.82) is 0 Å². The van der Waals surface area contributed by atoms with Crippen LogP contribution in [0.15, 0.2) is 24.3 Å². The van der Waals surface area contributed by atoms with E-state index in [1.54, 1.807) is 0 Å². The minimum absolute atomic E-state index is 0.616. The van der Waals surface area contributed by atoms with Crippen LogP contribution in [0.5, 0.6) is 0 Å². The summed E-state index contributed by atoms with van der Waals surface area (Å²) in [5.74, 6) is 0.751. The van der Waals surface area contributed by atoms with Crippen LogP contribution in [0.25, 0.3) is 0 Å². The van der Waals surface area contributed by atoms with Crippen LogP contribution < -0.4 is 5.32 Å². The molecule has 0 aromatic heterocycles. The third-order valence-electron chi connectivity index (χ3n) is 3.46. The number of hydrogen-bond acceptors (Lipinski definition) is 1. The third-order valence-corrected chi connectivity index (χ3v) is 4.18. The van der Waals surface area contributed by atoms with E-state index in [1.807, 2.05) is 0 Å². The third kappa shape index (κ3) is 5.70. The van der Waals surface area contributed by atoms with Crippen molar-refractivity contribution in [3.8, 4) is 0 Å². The van der Waals surface area contributed by atoms with Crippen molar-refractivity contribution in [2.75, 3.05) is 6.54 Å². The molecule has 0 fully saturated rings. The predicted octanol–water partition coefficient (Wildman–Crippen LogP) is 4.64. The Hall–Kier alpha value is -0.0900. The lowest BCUT2D eigenvalue weighted by molar-refractivity contribution is 0.352. The standard InChI is InChI=1S/C16H26IN/c1-4-6-13(3)16(18-11-5-2)12-14-7-9-15(17)10-8-14/h7-10,13,16,18H,4-6,11-12H2,1-3H3. The van der Waals surface area contributed by atoms with Crippen LogP contribution in [0.3, 0.4) is 0 Å². The Morgan fingerprint density at radius 1 is 1.11 bits per heavy atom. The minimum Gasteiger partial charge on any atom is -0.313 e. The van der Waals surface area contributed by atoms with Crippen molar-refractivity contribution < 1.29 is 0 Å². The Kier molecular flexibility index (Phi) is 7.91. The fourth-order valence-electron chi connectivity index (χ4n) is 2.34. The van der Waals surface area contributed by atoms with E-state index >= 15 is 0 Å². The maximum Gasteiger partial charge on any atom is 0.0133 e. The average Bonchev–Trinajstić information content (AvgIpc) is 2.37. The molecule has 0 bridgehead atoms. The molecular formula is C16H26IN. The van der Waals surface area contributed by atoms with Crippen molar-refractivity contribution in [1.82, 2.24) is 5.32 Å². The van der Waals surface area contributed by atoms with Gasteiger partial charge in [0.05, 0.1) is 0 Å². The first-order valence-electron chi connectivity index (χ1n) is 7.15. The van der Waals surface area contributed by atoms with E-state index in [0.717, 1.165) is 18.9 Å². The van der Waals surface area contributed by atoms with E-state index in [-0.39, 0.29) is 0 Å². The van der Waals surface area contributed by atoms with Crippen molar-refractivity contribution in [2.24, 2.45) is 5.92 Å². The number of benzene rings is 1. The minimum atomic E-state index is 0.616. The molecule has 2 atom stereocenters. The fraction of sp³-hybridized carbons (Fsp3) is 0.625. The summed E-state index contributed by atoms with van der Waals surface area (Å²) in [6.45, 7) is 8.02.